The van der Waals surface area contributed by atoms with Crippen LogP contribution in [0.3, 0.4) is 0 Å². The molecule has 2 atom stereocenters. The van der Waals surface area contributed by atoms with E-state index in [1.54, 1.807) is 14.1 Å². The van der Waals surface area contributed by atoms with Gasteiger partial charge in [0.25, 0.3) is 0 Å². The number of hydrogen-bond donors (Lipinski definition) is 2. The predicted molar refractivity (Wildman–Crippen MR) is 50.8 cm³/mol. The SMILES string of the molecule is CN1C(=O)N(C)C2C1NC(=O)N2CCO. The summed E-state index contributed by atoms with van der Waals surface area (Å²) in [4.78, 5) is 27.5. The molecule has 0 radical (unpaired) electrons. The zero-order valence-electron chi connectivity index (χ0n) is 8.67. The monoisotopic (exact) mass is 214 g/mol. The van der Waals surface area contributed by atoms with E-state index in [2.05, 4.69) is 5.32 Å². The third-order valence-corrected chi connectivity index (χ3v) is 2.89. The number of carbonyl (C=O) groups excluding carboxylic acids is 2. The van der Waals surface area contributed by atoms with E-state index < -0.39 is 0 Å². The van der Waals surface area contributed by atoms with Gasteiger partial charge in [-0.05, 0) is 0 Å². The van der Waals surface area contributed by atoms with Crippen LogP contribution in [0.2, 0.25) is 0 Å². The lowest BCUT2D eigenvalue weighted by Crippen LogP contribution is -2.45. The highest BCUT2D eigenvalue weighted by molar-refractivity contribution is 5.84. The van der Waals surface area contributed by atoms with E-state index in [1.807, 2.05) is 0 Å². The first-order valence-electron chi connectivity index (χ1n) is 4.75. The van der Waals surface area contributed by atoms with E-state index in [-0.39, 0.29) is 37.5 Å². The fourth-order valence-electron chi connectivity index (χ4n) is 2.11. The molecule has 2 rings (SSSR count). The van der Waals surface area contributed by atoms with Crippen LogP contribution in [0.5, 0.6) is 0 Å². The Bertz CT molecular complexity index is 308. The molecule has 2 N–H and O–H groups in total. The van der Waals surface area contributed by atoms with Crippen LogP contribution in [0.25, 0.3) is 0 Å². The maximum Gasteiger partial charge on any atom is 0.323 e. The van der Waals surface area contributed by atoms with Crippen molar-refractivity contribution >= 4 is 12.1 Å². The second-order valence-electron chi connectivity index (χ2n) is 3.73. The molecule has 2 aliphatic rings. The molecular formula is C8H14N4O3. The lowest BCUT2D eigenvalue weighted by atomic mass is 10.3. The fraction of sp³-hybridized carbons (Fsp3) is 0.750. The van der Waals surface area contributed by atoms with Crippen molar-refractivity contribution in [1.29, 1.82) is 0 Å². The molecule has 0 spiro atoms. The lowest BCUT2D eigenvalue weighted by molar-refractivity contribution is 0.126. The van der Waals surface area contributed by atoms with Crippen LogP contribution in [0.15, 0.2) is 0 Å². The van der Waals surface area contributed by atoms with E-state index >= 15 is 0 Å². The molecule has 0 aliphatic carbocycles. The number of aliphatic hydroxyl groups excluding tert-OH is 1. The van der Waals surface area contributed by atoms with Gasteiger partial charge in [-0.1, -0.05) is 0 Å². The molecule has 7 heteroatoms. The van der Waals surface area contributed by atoms with Crippen LogP contribution in [0.1, 0.15) is 0 Å². The summed E-state index contributed by atoms with van der Waals surface area (Å²) in [7, 11) is 3.29. The van der Waals surface area contributed by atoms with Crippen LogP contribution in [0, 0.1) is 0 Å². The number of likely N-dealkylation sites (N-methyl/N-ethyl adjacent to an activating group) is 2. The number of nitrogens with one attached hydrogen (secondary N) is 1. The summed E-state index contributed by atoms with van der Waals surface area (Å²) in [5.74, 6) is 0. The lowest BCUT2D eigenvalue weighted by Gasteiger charge is -2.25. The molecule has 2 heterocycles. The minimum atomic E-state index is -0.318. The Morgan fingerprint density at radius 1 is 1.33 bits per heavy atom. The summed E-state index contributed by atoms with van der Waals surface area (Å²) in [6, 6.07) is -0.377. The molecule has 84 valence electrons. The second kappa shape index (κ2) is 3.27. The standard InChI is InChI=1S/C8H14N4O3/c1-10-5-6(11(2)8(10)15)12(3-4-13)7(14)9-5/h5-6,13H,3-4H2,1-2H3,(H,9,14). The van der Waals surface area contributed by atoms with Crippen molar-refractivity contribution in [3.05, 3.63) is 0 Å². The smallest absolute Gasteiger partial charge is 0.323 e. The second-order valence-corrected chi connectivity index (χ2v) is 3.73. The maximum absolute atomic E-state index is 11.6. The Labute approximate surface area is 87.2 Å². The van der Waals surface area contributed by atoms with Gasteiger partial charge >= 0.3 is 12.1 Å². The Balaban J connectivity index is 2.24. The summed E-state index contributed by atoms with van der Waals surface area (Å²) in [6.07, 6.45) is -0.635. The largest absolute Gasteiger partial charge is 0.395 e. The highest BCUT2D eigenvalue weighted by Crippen LogP contribution is 2.25. The number of amides is 4. The molecule has 15 heavy (non-hydrogen) atoms. The van der Waals surface area contributed by atoms with E-state index in [0.717, 1.165) is 0 Å². The van der Waals surface area contributed by atoms with Gasteiger partial charge in [-0.25, -0.2) is 9.59 Å². The summed E-state index contributed by atoms with van der Waals surface area (Å²) < 4.78 is 0. The van der Waals surface area contributed by atoms with Gasteiger partial charge in [0.1, 0.15) is 12.3 Å². The number of fused-ring (bicyclic) bond motifs is 1. The summed E-state index contributed by atoms with van der Waals surface area (Å²) in [5, 5.41) is 11.5. The third-order valence-electron chi connectivity index (χ3n) is 2.89. The molecule has 0 aromatic rings. The van der Waals surface area contributed by atoms with Gasteiger partial charge in [-0.3, -0.25) is 4.90 Å². The Morgan fingerprint density at radius 3 is 2.60 bits per heavy atom. The summed E-state index contributed by atoms with van der Waals surface area (Å²) >= 11 is 0. The average Bonchev–Trinajstić information content (AvgIpc) is 2.62. The van der Waals surface area contributed by atoms with Crippen molar-refractivity contribution in [3.8, 4) is 0 Å². The minimum absolute atomic E-state index is 0.109. The zero-order chi connectivity index (χ0) is 11.2. The minimum Gasteiger partial charge on any atom is -0.395 e. The summed E-state index contributed by atoms with van der Waals surface area (Å²) in [6.45, 7) is 0.126. The van der Waals surface area contributed by atoms with Gasteiger partial charge in [0.15, 0.2) is 0 Å². The molecule has 0 aromatic heterocycles. The van der Waals surface area contributed by atoms with Crippen LogP contribution >= 0.6 is 0 Å². The fourth-order valence-corrected chi connectivity index (χ4v) is 2.11. The Hall–Kier alpha value is -1.50. The number of aliphatic hydroxyl groups is 1. The van der Waals surface area contributed by atoms with E-state index in [4.69, 9.17) is 5.11 Å². The van der Waals surface area contributed by atoms with Gasteiger partial charge < -0.3 is 20.2 Å². The van der Waals surface area contributed by atoms with Gasteiger partial charge in [0.05, 0.1) is 6.61 Å². The zero-order valence-corrected chi connectivity index (χ0v) is 8.67. The molecule has 0 aromatic carbocycles. The predicted octanol–water partition coefficient (Wildman–Crippen LogP) is -1.35. The number of nitrogens with zero attached hydrogens (tertiary/aromatic N) is 3. The van der Waals surface area contributed by atoms with Crippen molar-refractivity contribution in [3.63, 3.8) is 0 Å². The van der Waals surface area contributed by atoms with Crippen molar-refractivity contribution in [2.45, 2.75) is 12.3 Å². The Morgan fingerprint density at radius 2 is 2.00 bits per heavy atom. The highest BCUT2D eigenvalue weighted by Gasteiger charge is 2.52. The van der Waals surface area contributed by atoms with Crippen LogP contribution < -0.4 is 5.32 Å². The number of urea groups is 2. The molecule has 2 fully saturated rings. The molecule has 2 aliphatic heterocycles. The quantitative estimate of drug-likeness (QED) is 0.597. The van der Waals surface area contributed by atoms with Gasteiger partial charge in [-0.2, -0.15) is 0 Å². The van der Waals surface area contributed by atoms with E-state index in [1.165, 1.54) is 14.7 Å². The van der Waals surface area contributed by atoms with E-state index in [9.17, 15) is 9.59 Å². The van der Waals surface area contributed by atoms with Crippen molar-refractivity contribution in [2.75, 3.05) is 27.2 Å². The van der Waals surface area contributed by atoms with Crippen LogP contribution in [-0.2, 0) is 0 Å². The normalized spacial score (nSPS) is 29.9. The first-order chi connectivity index (χ1) is 7.07. The van der Waals surface area contributed by atoms with Gasteiger partial charge in [0.2, 0.25) is 0 Å². The number of carbonyl (C=O) groups is 2. The van der Waals surface area contributed by atoms with Crippen LogP contribution in [0.4, 0.5) is 9.59 Å². The van der Waals surface area contributed by atoms with E-state index in [0.29, 0.717) is 0 Å². The number of β-amino-alcohol motifs (C(OH)–C–C–N with tert-alkyl or cyclic N) is 1. The average molecular weight is 214 g/mol. The van der Waals surface area contributed by atoms with Crippen molar-refractivity contribution < 1.29 is 14.7 Å². The molecule has 0 saturated carbocycles. The third kappa shape index (κ3) is 1.23. The molecule has 4 amide bonds. The first kappa shape index (κ1) is 10.0. The molecule has 2 saturated heterocycles. The molecular weight excluding hydrogens is 200 g/mol. The first-order valence-corrected chi connectivity index (χ1v) is 4.75. The van der Waals surface area contributed by atoms with Crippen molar-refractivity contribution in [2.24, 2.45) is 0 Å². The molecule has 7 nitrogen and oxygen atoms in total. The topological polar surface area (TPSA) is 76.1 Å². The molecule has 2 unspecified atom stereocenters. The number of hydrogen-bond acceptors (Lipinski definition) is 3. The maximum atomic E-state index is 11.6. The Kier molecular flexibility index (Phi) is 2.18. The highest BCUT2D eigenvalue weighted by atomic mass is 16.3. The summed E-state index contributed by atoms with van der Waals surface area (Å²) in [5.41, 5.74) is 0. The molecule has 0 bridgehead atoms. The van der Waals surface area contributed by atoms with Crippen molar-refractivity contribution in [1.82, 2.24) is 20.0 Å². The van der Waals surface area contributed by atoms with Gasteiger partial charge in [0, 0.05) is 20.6 Å². The van der Waals surface area contributed by atoms with Gasteiger partial charge in [-0.15, -0.1) is 0 Å². The number of rotatable bonds is 2. The van der Waals surface area contributed by atoms with Crippen LogP contribution in [-0.4, -0.2) is 71.4 Å².